The van der Waals surface area contributed by atoms with E-state index >= 15 is 0 Å². The van der Waals surface area contributed by atoms with E-state index in [0.717, 1.165) is 17.4 Å². The van der Waals surface area contributed by atoms with Crippen molar-refractivity contribution in [3.8, 4) is 0 Å². The second-order valence-electron chi connectivity index (χ2n) is 3.92. The number of aryl methyl sites for hydroxylation is 1. The second kappa shape index (κ2) is 6.29. The molecule has 1 N–H and O–H groups in total. The van der Waals surface area contributed by atoms with Gasteiger partial charge in [0.05, 0.1) is 0 Å². The maximum absolute atomic E-state index is 3.58. The third kappa shape index (κ3) is 3.62. The summed E-state index contributed by atoms with van der Waals surface area (Å²) in [5.74, 6) is 0. The van der Waals surface area contributed by atoms with Crippen molar-refractivity contribution < 1.29 is 0 Å². The van der Waals surface area contributed by atoms with Crippen LogP contribution in [0.5, 0.6) is 0 Å². The van der Waals surface area contributed by atoms with Crippen LogP contribution in [-0.4, -0.2) is 6.54 Å². The minimum Gasteiger partial charge on any atom is -0.310 e. The zero-order chi connectivity index (χ0) is 11.3. The van der Waals surface area contributed by atoms with Crippen LogP contribution in [0.2, 0.25) is 0 Å². The summed E-state index contributed by atoms with van der Waals surface area (Å²) in [6.07, 6.45) is 2.33. The van der Waals surface area contributed by atoms with Crippen LogP contribution in [0.4, 0.5) is 0 Å². The van der Waals surface area contributed by atoms with E-state index < -0.39 is 0 Å². The van der Waals surface area contributed by atoms with Crippen LogP contribution in [-0.2, 0) is 0 Å². The second-order valence-corrected chi connectivity index (χ2v) is 4.83. The van der Waals surface area contributed by atoms with Gasteiger partial charge in [-0.1, -0.05) is 35.8 Å². The zero-order valence-corrected chi connectivity index (χ0v) is 11.4. The number of hydrogen-bond acceptors (Lipinski definition) is 1. The van der Waals surface area contributed by atoms with Crippen molar-refractivity contribution in [2.75, 3.05) is 6.54 Å². The minimum absolute atomic E-state index is 0.498. The molecule has 1 aromatic rings. The molecule has 1 rings (SSSR count). The lowest BCUT2D eigenvalue weighted by Gasteiger charge is -2.19. The molecule has 0 saturated heterocycles. The molecule has 1 atom stereocenters. The van der Waals surface area contributed by atoms with Crippen LogP contribution in [0, 0.1) is 6.92 Å². The first-order chi connectivity index (χ1) is 7.19. The van der Waals surface area contributed by atoms with Gasteiger partial charge in [-0.2, -0.15) is 0 Å². The van der Waals surface area contributed by atoms with Gasteiger partial charge in [0.1, 0.15) is 0 Å². The molecule has 1 unspecified atom stereocenters. The fourth-order valence-electron chi connectivity index (χ4n) is 1.82. The maximum atomic E-state index is 3.58. The van der Waals surface area contributed by atoms with Gasteiger partial charge in [-0.05, 0) is 49.6 Å². The van der Waals surface area contributed by atoms with E-state index in [0.29, 0.717) is 6.04 Å². The van der Waals surface area contributed by atoms with Crippen LogP contribution in [0.25, 0.3) is 0 Å². The monoisotopic (exact) mass is 269 g/mol. The minimum atomic E-state index is 0.498. The summed E-state index contributed by atoms with van der Waals surface area (Å²) in [5.41, 5.74) is 2.79. The van der Waals surface area contributed by atoms with Gasteiger partial charge in [0, 0.05) is 10.5 Å². The van der Waals surface area contributed by atoms with Crippen molar-refractivity contribution in [2.45, 2.75) is 39.7 Å². The van der Waals surface area contributed by atoms with E-state index in [2.05, 4.69) is 60.2 Å². The standard InChI is InChI=1S/C13H20BrN/c1-4-8-15-13(5-2)12-7-6-11(14)9-10(12)3/h6-7,9,13,15H,4-5,8H2,1-3H3. The predicted octanol–water partition coefficient (Wildman–Crippen LogP) is 4.21. The van der Waals surface area contributed by atoms with E-state index in [9.17, 15) is 0 Å². The molecule has 0 bridgehead atoms. The Morgan fingerprint density at radius 2 is 2.07 bits per heavy atom. The smallest absolute Gasteiger partial charge is 0.0320 e. The van der Waals surface area contributed by atoms with Crippen molar-refractivity contribution >= 4 is 15.9 Å². The summed E-state index contributed by atoms with van der Waals surface area (Å²) in [6, 6.07) is 7.03. The molecule has 0 spiro atoms. The third-order valence-electron chi connectivity index (χ3n) is 2.66. The number of halogens is 1. The van der Waals surface area contributed by atoms with E-state index in [1.54, 1.807) is 0 Å². The highest BCUT2D eigenvalue weighted by atomic mass is 79.9. The van der Waals surface area contributed by atoms with Crippen molar-refractivity contribution in [3.63, 3.8) is 0 Å². The van der Waals surface area contributed by atoms with Crippen molar-refractivity contribution in [2.24, 2.45) is 0 Å². The van der Waals surface area contributed by atoms with E-state index in [1.165, 1.54) is 17.5 Å². The van der Waals surface area contributed by atoms with Crippen LogP contribution in [0.15, 0.2) is 22.7 Å². The van der Waals surface area contributed by atoms with Crippen molar-refractivity contribution in [1.82, 2.24) is 5.32 Å². The first kappa shape index (κ1) is 12.7. The molecule has 1 nitrogen and oxygen atoms in total. The SMILES string of the molecule is CCCNC(CC)c1ccc(Br)cc1C. The van der Waals surface area contributed by atoms with Gasteiger partial charge in [-0.25, -0.2) is 0 Å². The molecule has 2 heteroatoms. The molecular weight excluding hydrogens is 250 g/mol. The zero-order valence-electron chi connectivity index (χ0n) is 9.81. The predicted molar refractivity (Wildman–Crippen MR) is 70.2 cm³/mol. The number of rotatable bonds is 5. The Bertz CT molecular complexity index is 309. The summed E-state index contributed by atoms with van der Waals surface area (Å²) in [5, 5.41) is 3.58. The highest BCUT2D eigenvalue weighted by molar-refractivity contribution is 9.10. The van der Waals surface area contributed by atoms with Gasteiger partial charge in [0.25, 0.3) is 0 Å². The fourth-order valence-corrected chi connectivity index (χ4v) is 2.30. The summed E-state index contributed by atoms with van der Waals surface area (Å²) in [7, 11) is 0. The summed E-state index contributed by atoms with van der Waals surface area (Å²) in [4.78, 5) is 0. The van der Waals surface area contributed by atoms with E-state index in [-0.39, 0.29) is 0 Å². The highest BCUT2D eigenvalue weighted by Crippen LogP contribution is 2.23. The molecule has 15 heavy (non-hydrogen) atoms. The quantitative estimate of drug-likeness (QED) is 0.845. The molecule has 1 aromatic carbocycles. The summed E-state index contributed by atoms with van der Waals surface area (Å²) < 4.78 is 1.16. The molecule has 0 aliphatic heterocycles. The number of nitrogens with one attached hydrogen (secondary N) is 1. The van der Waals surface area contributed by atoms with Gasteiger partial charge in [-0.15, -0.1) is 0 Å². The van der Waals surface area contributed by atoms with Crippen LogP contribution in [0.1, 0.15) is 43.9 Å². The molecule has 0 heterocycles. The van der Waals surface area contributed by atoms with Crippen LogP contribution >= 0.6 is 15.9 Å². The molecule has 0 fully saturated rings. The van der Waals surface area contributed by atoms with Gasteiger partial charge >= 0.3 is 0 Å². The lowest BCUT2D eigenvalue weighted by Crippen LogP contribution is -2.22. The first-order valence-corrected chi connectivity index (χ1v) is 6.47. The van der Waals surface area contributed by atoms with Crippen LogP contribution in [0.3, 0.4) is 0 Å². The number of benzene rings is 1. The van der Waals surface area contributed by atoms with Gasteiger partial charge < -0.3 is 5.32 Å². The average molecular weight is 270 g/mol. The third-order valence-corrected chi connectivity index (χ3v) is 3.15. The highest BCUT2D eigenvalue weighted by Gasteiger charge is 2.10. The fraction of sp³-hybridized carbons (Fsp3) is 0.538. The Balaban J connectivity index is 2.81. The molecule has 0 aliphatic carbocycles. The molecule has 0 aromatic heterocycles. The largest absolute Gasteiger partial charge is 0.310 e. The summed E-state index contributed by atoms with van der Waals surface area (Å²) >= 11 is 3.50. The van der Waals surface area contributed by atoms with Crippen molar-refractivity contribution in [3.05, 3.63) is 33.8 Å². The Morgan fingerprint density at radius 3 is 2.60 bits per heavy atom. The molecule has 84 valence electrons. The first-order valence-electron chi connectivity index (χ1n) is 5.68. The maximum Gasteiger partial charge on any atom is 0.0320 e. The molecule has 0 amide bonds. The van der Waals surface area contributed by atoms with Gasteiger partial charge in [0.15, 0.2) is 0 Å². The Hall–Kier alpha value is -0.340. The Labute approximate surface area is 101 Å². The molecule has 0 saturated carbocycles. The van der Waals surface area contributed by atoms with Crippen molar-refractivity contribution in [1.29, 1.82) is 0 Å². The Morgan fingerprint density at radius 1 is 1.33 bits per heavy atom. The van der Waals surface area contributed by atoms with E-state index in [1.807, 2.05) is 0 Å². The normalized spacial score (nSPS) is 12.8. The van der Waals surface area contributed by atoms with Gasteiger partial charge in [-0.3, -0.25) is 0 Å². The lowest BCUT2D eigenvalue weighted by molar-refractivity contribution is 0.516. The van der Waals surface area contributed by atoms with Gasteiger partial charge in [0.2, 0.25) is 0 Å². The Kier molecular flexibility index (Phi) is 5.34. The molecule has 0 radical (unpaired) electrons. The van der Waals surface area contributed by atoms with E-state index in [4.69, 9.17) is 0 Å². The summed E-state index contributed by atoms with van der Waals surface area (Å²) in [6.45, 7) is 7.70. The average Bonchev–Trinajstić information content (AvgIpc) is 2.21. The van der Waals surface area contributed by atoms with Crippen LogP contribution < -0.4 is 5.32 Å². The molecule has 0 aliphatic rings. The molecular formula is C13H20BrN. The number of hydrogen-bond donors (Lipinski definition) is 1. The lowest BCUT2D eigenvalue weighted by atomic mass is 9.99. The topological polar surface area (TPSA) is 12.0 Å².